The number of likely N-dealkylation sites (tertiary alicyclic amines) is 1. The van der Waals surface area contributed by atoms with E-state index in [1.165, 1.54) is 5.56 Å². The molecular weight excluding hydrogens is 286 g/mol. The molecule has 1 aromatic rings. The highest BCUT2D eigenvalue weighted by Crippen LogP contribution is 2.35. The van der Waals surface area contributed by atoms with E-state index in [2.05, 4.69) is 52.0 Å². The highest BCUT2D eigenvalue weighted by Gasteiger charge is 2.43. The number of hydrogen-bond acceptors (Lipinski definition) is 2. The van der Waals surface area contributed by atoms with Gasteiger partial charge in [-0.3, -0.25) is 4.90 Å². The first-order chi connectivity index (χ1) is 11.2. The largest absolute Gasteiger partial charge is 0.343 e. The topological polar surface area (TPSA) is 35.9 Å². The molecule has 23 heavy (non-hydrogen) atoms. The van der Waals surface area contributed by atoms with Crippen LogP contribution in [0.1, 0.15) is 44.6 Å². The smallest absolute Gasteiger partial charge is 0.317 e. The molecule has 2 aliphatic heterocycles. The third-order valence-corrected chi connectivity index (χ3v) is 5.25. The second kappa shape index (κ2) is 7.26. The van der Waals surface area contributed by atoms with Crippen molar-refractivity contribution in [3.05, 3.63) is 35.9 Å². The van der Waals surface area contributed by atoms with E-state index in [1.807, 2.05) is 6.21 Å². The second-order valence-corrected chi connectivity index (χ2v) is 6.79. The maximum absolute atomic E-state index is 12.3. The molecular formula is C19H27N3O. The summed E-state index contributed by atoms with van der Waals surface area (Å²) in [7, 11) is 0. The molecule has 0 bridgehead atoms. The molecule has 0 radical (unpaired) electrons. The van der Waals surface area contributed by atoms with E-state index < -0.39 is 0 Å². The summed E-state index contributed by atoms with van der Waals surface area (Å²) in [6, 6.07) is 10.6. The number of carbonyl (C=O) groups is 1. The normalized spacial score (nSPS) is 21.1. The lowest BCUT2D eigenvalue weighted by Crippen LogP contribution is -2.58. The summed E-state index contributed by atoms with van der Waals surface area (Å²) in [6.45, 7) is 6.14. The lowest BCUT2D eigenvalue weighted by atomic mass is 9.82. The first kappa shape index (κ1) is 16.2. The van der Waals surface area contributed by atoms with Gasteiger partial charge in [0.25, 0.3) is 0 Å². The number of nitrogens with zero attached hydrogens (tertiary/aromatic N) is 3. The van der Waals surface area contributed by atoms with E-state index >= 15 is 0 Å². The van der Waals surface area contributed by atoms with Gasteiger partial charge in [-0.1, -0.05) is 43.7 Å². The van der Waals surface area contributed by atoms with E-state index in [0.29, 0.717) is 0 Å². The van der Waals surface area contributed by atoms with Gasteiger partial charge in [-0.25, -0.2) is 9.79 Å². The Labute approximate surface area is 139 Å². The second-order valence-electron chi connectivity index (χ2n) is 6.79. The molecule has 2 heterocycles. The maximum atomic E-state index is 12.3. The highest BCUT2D eigenvalue weighted by atomic mass is 16.2. The SMILES string of the molecule is CCCCN1C(=O)N=CCC12CCN(Cc1ccccc1)CC2. The van der Waals surface area contributed by atoms with Crippen molar-refractivity contribution in [2.45, 2.75) is 51.1 Å². The van der Waals surface area contributed by atoms with E-state index in [1.54, 1.807) is 0 Å². The van der Waals surface area contributed by atoms with Gasteiger partial charge in [0, 0.05) is 38.8 Å². The van der Waals surface area contributed by atoms with Crippen molar-refractivity contribution in [3.63, 3.8) is 0 Å². The molecule has 0 N–H and O–H groups in total. The maximum Gasteiger partial charge on any atom is 0.343 e. The van der Waals surface area contributed by atoms with E-state index in [9.17, 15) is 4.79 Å². The van der Waals surface area contributed by atoms with Crippen molar-refractivity contribution >= 4 is 12.2 Å². The van der Waals surface area contributed by atoms with Crippen LogP contribution in [-0.2, 0) is 6.54 Å². The number of piperidine rings is 1. The quantitative estimate of drug-likeness (QED) is 0.830. The molecule has 0 aliphatic carbocycles. The minimum absolute atomic E-state index is 0.0151. The van der Waals surface area contributed by atoms with Crippen LogP contribution < -0.4 is 0 Å². The Kier molecular flexibility index (Phi) is 5.11. The molecule has 1 saturated heterocycles. The van der Waals surface area contributed by atoms with Gasteiger partial charge in [0.1, 0.15) is 0 Å². The van der Waals surface area contributed by atoms with Gasteiger partial charge in [0.15, 0.2) is 0 Å². The number of carbonyl (C=O) groups excluding carboxylic acids is 1. The third-order valence-electron chi connectivity index (χ3n) is 5.25. The standard InChI is InChI=1S/C19H27N3O/c1-2-3-13-22-18(23)20-12-9-19(22)10-14-21(15-11-19)16-17-7-5-4-6-8-17/h4-8,12H,2-3,9-11,13-16H2,1H3. The molecule has 3 rings (SSSR count). The monoisotopic (exact) mass is 313 g/mol. The van der Waals surface area contributed by atoms with Crippen LogP contribution in [0.4, 0.5) is 4.79 Å². The van der Waals surface area contributed by atoms with Crippen LogP contribution in [0.25, 0.3) is 0 Å². The van der Waals surface area contributed by atoms with E-state index in [-0.39, 0.29) is 11.6 Å². The van der Waals surface area contributed by atoms with Crippen LogP contribution in [0.15, 0.2) is 35.3 Å². The van der Waals surface area contributed by atoms with Gasteiger partial charge in [0.2, 0.25) is 0 Å². The number of amides is 2. The lowest BCUT2D eigenvalue weighted by molar-refractivity contribution is 0.0469. The van der Waals surface area contributed by atoms with Crippen LogP contribution in [0.3, 0.4) is 0 Å². The molecule has 124 valence electrons. The number of aliphatic imine (C=N–C) groups is 1. The van der Waals surface area contributed by atoms with Crippen LogP contribution >= 0.6 is 0 Å². The molecule has 1 aromatic carbocycles. The number of benzene rings is 1. The first-order valence-corrected chi connectivity index (χ1v) is 8.84. The fourth-order valence-corrected chi connectivity index (χ4v) is 3.77. The van der Waals surface area contributed by atoms with Crippen LogP contribution in [0, 0.1) is 0 Å². The van der Waals surface area contributed by atoms with Gasteiger partial charge in [-0.2, -0.15) is 0 Å². The summed E-state index contributed by atoms with van der Waals surface area (Å²) in [5, 5.41) is 0. The van der Waals surface area contributed by atoms with E-state index in [4.69, 9.17) is 0 Å². The predicted octanol–water partition coefficient (Wildman–Crippen LogP) is 3.72. The number of hydrogen-bond donors (Lipinski definition) is 0. The van der Waals surface area contributed by atoms with Gasteiger partial charge < -0.3 is 4.90 Å². The van der Waals surface area contributed by atoms with E-state index in [0.717, 1.165) is 58.3 Å². The summed E-state index contributed by atoms with van der Waals surface area (Å²) < 4.78 is 0. The summed E-state index contributed by atoms with van der Waals surface area (Å²) in [5.74, 6) is 0. The molecule has 4 heteroatoms. The third kappa shape index (κ3) is 3.63. The summed E-state index contributed by atoms with van der Waals surface area (Å²) >= 11 is 0. The molecule has 0 atom stereocenters. The van der Waals surface area contributed by atoms with Crippen molar-refractivity contribution in [2.24, 2.45) is 4.99 Å². The summed E-state index contributed by atoms with van der Waals surface area (Å²) in [5.41, 5.74) is 1.38. The molecule has 1 fully saturated rings. The van der Waals surface area contributed by atoms with Gasteiger partial charge in [0.05, 0.1) is 5.54 Å². The van der Waals surface area contributed by atoms with Crippen LogP contribution in [-0.4, -0.2) is 47.2 Å². The molecule has 0 aromatic heterocycles. The van der Waals surface area contributed by atoms with Gasteiger partial charge >= 0.3 is 6.03 Å². The Morgan fingerprint density at radius 2 is 1.91 bits per heavy atom. The molecule has 1 spiro atoms. The molecule has 2 aliphatic rings. The zero-order valence-electron chi connectivity index (χ0n) is 14.1. The first-order valence-electron chi connectivity index (χ1n) is 8.84. The van der Waals surface area contributed by atoms with Crippen LogP contribution in [0.5, 0.6) is 0 Å². The van der Waals surface area contributed by atoms with Crippen LogP contribution in [0.2, 0.25) is 0 Å². The average Bonchev–Trinajstić information content (AvgIpc) is 2.58. The Morgan fingerprint density at radius 3 is 2.61 bits per heavy atom. The molecule has 2 amide bonds. The van der Waals surface area contributed by atoms with Crippen molar-refractivity contribution in [1.82, 2.24) is 9.80 Å². The van der Waals surface area contributed by atoms with Crippen molar-refractivity contribution in [1.29, 1.82) is 0 Å². The minimum atomic E-state index is -0.0267. The fourth-order valence-electron chi connectivity index (χ4n) is 3.77. The summed E-state index contributed by atoms with van der Waals surface area (Å²) in [6.07, 6.45) is 7.06. The Bertz CT molecular complexity index is 547. The molecule has 0 saturated carbocycles. The fraction of sp³-hybridized carbons (Fsp3) is 0.579. The Hall–Kier alpha value is -1.68. The van der Waals surface area contributed by atoms with Gasteiger partial charge in [-0.05, 0) is 24.8 Å². The van der Waals surface area contributed by atoms with Crippen molar-refractivity contribution < 1.29 is 4.79 Å². The molecule has 4 nitrogen and oxygen atoms in total. The summed E-state index contributed by atoms with van der Waals surface area (Å²) in [4.78, 5) is 20.9. The van der Waals surface area contributed by atoms with Crippen molar-refractivity contribution in [2.75, 3.05) is 19.6 Å². The Morgan fingerprint density at radius 1 is 1.17 bits per heavy atom. The Balaban J connectivity index is 1.63. The zero-order valence-corrected chi connectivity index (χ0v) is 14.1. The minimum Gasteiger partial charge on any atom is -0.317 e. The number of rotatable bonds is 5. The zero-order chi connectivity index (χ0) is 16.1. The number of unbranched alkanes of at least 4 members (excludes halogenated alkanes) is 1. The van der Waals surface area contributed by atoms with Gasteiger partial charge in [-0.15, -0.1) is 0 Å². The molecule has 0 unspecified atom stereocenters. The van der Waals surface area contributed by atoms with Crippen molar-refractivity contribution in [3.8, 4) is 0 Å². The average molecular weight is 313 g/mol. The predicted molar refractivity (Wildman–Crippen MR) is 93.8 cm³/mol. The number of urea groups is 1. The lowest BCUT2D eigenvalue weighted by Gasteiger charge is -2.49. The highest BCUT2D eigenvalue weighted by molar-refractivity contribution is 5.87.